The Kier molecular flexibility index (Phi) is 2.71. The molecule has 4 nitrogen and oxygen atoms in total. The molecule has 1 aliphatic heterocycles. The van der Waals surface area contributed by atoms with Crippen LogP contribution in [0.25, 0.3) is 0 Å². The first kappa shape index (κ1) is 10.7. The van der Waals surface area contributed by atoms with Crippen molar-refractivity contribution >= 4 is 11.3 Å². The molecule has 0 bridgehead atoms. The van der Waals surface area contributed by atoms with E-state index >= 15 is 0 Å². The zero-order valence-corrected chi connectivity index (χ0v) is 9.78. The number of aliphatic hydroxyl groups is 1. The Morgan fingerprint density at radius 1 is 1.44 bits per heavy atom. The predicted molar refractivity (Wildman–Crippen MR) is 59.1 cm³/mol. The highest BCUT2D eigenvalue weighted by Crippen LogP contribution is 2.42. The van der Waals surface area contributed by atoms with Gasteiger partial charge in [0.15, 0.2) is 5.79 Å². The average Bonchev–Trinajstić information content (AvgIpc) is 2.93. The highest BCUT2D eigenvalue weighted by atomic mass is 32.1. The third-order valence-electron chi connectivity index (χ3n) is 3.30. The molecule has 0 amide bonds. The standard InChI is InChI=1S/C11H15NO3S/c13-8-1-3-11(4-2-8)14-7-9(15-11)10-12-5-6-16-10/h5-6,8-9,13H,1-4,7H2. The second-order valence-corrected chi connectivity index (χ2v) is 5.36. The summed E-state index contributed by atoms with van der Waals surface area (Å²) in [6, 6.07) is 0. The summed E-state index contributed by atoms with van der Waals surface area (Å²) in [7, 11) is 0. The topological polar surface area (TPSA) is 51.6 Å². The van der Waals surface area contributed by atoms with Gasteiger partial charge in [-0.15, -0.1) is 11.3 Å². The van der Waals surface area contributed by atoms with E-state index in [1.807, 2.05) is 5.38 Å². The van der Waals surface area contributed by atoms with Crippen LogP contribution in [0, 0.1) is 0 Å². The number of aliphatic hydroxyl groups excluding tert-OH is 1. The van der Waals surface area contributed by atoms with Gasteiger partial charge >= 0.3 is 0 Å². The van der Waals surface area contributed by atoms with Crippen molar-refractivity contribution in [2.24, 2.45) is 0 Å². The Morgan fingerprint density at radius 3 is 2.94 bits per heavy atom. The molecule has 88 valence electrons. The largest absolute Gasteiger partial charge is 0.393 e. The van der Waals surface area contributed by atoms with Crippen LogP contribution in [0.3, 0.4) is 0 Å². The molecule has 1 aromatic rings. The highest BCUT2D eigenvalue weighted by Gasteiger charge is 2.44. The number of hydrogen-bond donors (Lipinski definition) is 1. The van der Waals surface area contributed by atoms with Crippen molar-refractivity contribution in [3.8, 4) is 0 Å². The Hall–Kier alpha value is -0.490. The maximum atomic E-state index is 9.48. The molecule has 3 rings (SSSR count). The Bertz CT molecular complexity index is 346. The molecular weight excluding hydrogens is 226 g/mol. The molecule has 1 atom stereocenters. The molecule has 1 saturated carbocycles. The second kappa shape index (κ2) is 4.07. The van der Waals surface area contributed by atoms with Gasteiger partial charge in [-0.3, -0.25) is 0 Å². The van der Waals surface area contributed by atoms with Crippen molar-refractivity contribution < 1.29 is 14.6 Å². The normalized spacial score (nSPS) is 39.3. The number of aromatic nitrogens is 1. The van der Waals surface area contributed by atoms with Gasteiger partial charge in [0.1, 0.15) is 11.1 Å². The van der Waals surface area contributed by atoms with E-state index in [1.54, 1.807) is 17.5 Å². The first-order chi connectivity index (χ1) is 7.77. The van der Waals surface area contributed by atoms with Crippen LogP contribution < -0.4 is 0 Å². The van der Waals surface area contributed by atoms with Gasteiger partial charge in [-0.1, -0.05) is 0 Å². The molecule has 1 unspecified atom stereocenters. The first-order valence-corrected chi connectivity index (χ1v) is 6.55. The first-order valence-electron chi connectivity index (χ1n) is 5.67. The van der Waals surface area contributed by atoms with E-state index in [0.717, 1.165) is 30.7 Å². The van der Waals surface area contributed by atoms with E-state index in [1.165, 1.54) is 0 Å². The third-order valence-corrected chi connectivity index (χ3v) is 4.17. The SMILES string of the molecule is OC1CCC2(CC1)OCC(c1nccs1)O2. The van der Waals surface area contributed by atoms with Gasteiger partial charge in [0.05, 0.1) is 12.7 Å². The molecule has 5 heteroatoms. The fourth-order valence-corrected chi connectivity index (χ4v) is 3.03. The summed E-state index contributed by atoms with van der Waals surface area (Å²) in [6.45, 7) is 0.587. The molecule has 1 aromatic heterocycles. The van der Waals surface area contributed by atoms with Gasteiger partial charge in [-0.25, -0.2) is 4.98 Å². The summed E-state index contributed by atoms with van der Waals surface area (Å²) in [5.41, 5.74) is 0. The van der Waals surface area contributed by atoms with E-state index in [2.05, 4.69) is 4.98 Å². The second-order valence-electron chi connectivity index (χ2n) is 4.43. The minimum Gasteiger partial charge on any atom is -0.393 e. The van der Waals surface area contributed by atoms with E-state index in [9.17, 15) is 5.11 Å². The van der Waals surface area contributed by atoms with Crippen LogP contribution in [0.1, 0.15) is 36.8 Å². The molecule has 2 heterocycles. The third kappa shape index (κ3) is 1.88. The molecule has 1 aliphatic carbocycles. The van der Waals surface area contributed by atoms with E-state index in [-0.39, 0.29) is 12.2 Å². The van der Waals surface area contributed by atoms with Gasteiger partial charge in [-0.05, 0) is 12.8 Å². The lowest BCUT2D eigenvalue weighted by Gasteiger charge is -2.33. The quantitative estimate of drug-likeness (QED) is 0.815. The van der Waals surface area contributed by atoms with Crippen LogP contribution in [0.2, 0.25) is 0 Å². The number of nitrogens with zero attached hydrogens (tertiary/aromatic N) is 1. The van der Waals surface area contributed by atoms with E-state index in [4.69, 9.17) is 9.47 Å². The van der Waals surface area contributed by atoms with Gasteiger partial charge in [0.2, 0.25) is 0 Å². The van der Waals surface area contributed by atoms with Crippen molar-refractivity contribution in [2.75, 3.05) is 6.61 Å². The van der Waals surface area contributed by atoms with Crippen molar-refractivity contribution in [1.29, 1.82) is 0 Å². The highest BCUT2D eigenvalue weighted by molar-refractivity contribution is 7.09. The molecule has 0 aromatic carbocycles. The van der Waals surface area contributed by atoms with Crippen LogP contribution >= 0.6 is 11.3 Å². The molecule has 1 N–H and O–H groups in total. The van der Waals surface area contributed by atoms with Crippen LogP contribution in [0.4, 0.5) is 0 Å². The number of hydrogen-bond acceptors (Lipinski definition) is 5. The smallest absolute Gasteiger partial charge is 0.169 e. The molecule has 16 heavy (non-hydrogen) atoms. The lowest BCUT2D eigenvalue weighted by atomic mass is 9.92. The zero-order valence-electron chi connectivity index (χ0n) is 8.96. The summed E-state index contributed by atoms with van der Waals surface area (Å²) < 4.78 is 11.8. The number of ether oxygens (including phenoxy) is 2. The molecule has 1 saturated heterocycles. The lowest BCUT2D eigenvalue weighted by molar-refractivity contribution is -0.198. The maximum absolute atomic E-state index is 9.48. The minimum absolute atomic E-state index is 0.0183. The summed E-state index contributed by atoms with van der Waals surface area (Å²) in [5, 5.41) is 12.4. The molecule has 0 radical (unpaired) electrons. The molecule has 1 spiro atoms. The Balaban J connectivity index is 1.68. The predicted octanol–water partition coefficient (Wildman–Crippen LogP) is 1.86. The number of rotatable bonds is 1. The summed E-state index contributed by atoms with van der Waals surface area (Å²) >= 11 is 1.60. The van der Waals surface area contributed by atoms with Crippen LogP contribution in [0.5, 0.6) is 0 Å². The number of thiazole rings is 1. The van der Waals surface area contributed by atoms with Crippen molar-refractivity contribution in [3.63, 3.8) is 0 Å². The van der Waals surface area contributed by atoms with E-state index < -0.39 is 5.79 Å². The summed E-state index contributed by atoms with van der Waals surface area (Å²) in [5.74, 6) is -0.449. The van der Waals surface area contributed by atoms with Crippen LogP contribution in [-0.4, -0.2) is 28.6 Å². The van der Waals surface area contributed by atoms with Crippen molar-refractivity contribution in [1.82, 2.24) is 4.98 Å². The summed E-state index contributed by atoms with van der Waals surface area (Å²) in [4.78, 5) is 4.26. The molecule has 2 aliphatic rings. The lowest BCUT2D eigenvalue weighted by Crippen LogP contribution is -2.36. The molecular formula is C11H15NO3S. The zero-order chi connectivity index (χ0) is 11.0. The van der Waals surface area contributed by atoms with Gasteiger partial charge < -0.3 is 14.6 Å². The Labute approximate surface area is 98.2 Å². The molecule has 2 fully saturated rings. The van der Waals surface area contributed by atoms with Gasteiger partial charge in [0.25, 0.3) is 0 Å². The minimum atomic E-state index is -0.449. The van der Waals surface area contributed by atoms with Crippen molar-refractivity contribution in [2.45, 2.75) is 43.7 Å². The van der Waals surface area contributed by atoms with Gasteiger partial charge in [-0.2, -0.15) is 0 Å². The monoisotopic (exact) mass is 241 g/mol. The van der Waals surface area contributed by atoms with Crippen LogP contribution in [-0.2, 0) is 9.47 Å². The van der Waals surface area contributed by atoms with Crippen molar-refractivity contribution in [3.05, 3.63) is 16.6 Å². The fourth-order valence-electron chi connectivity index (χ4n) is 2.37. The van der Waals surface area contributed by atoms with E-state index in [0.29, 0.717) is 6.61 Å². The van der Waals surface area contributed by atoms with Crippen LogP contribution in [0.15, 0.2) is 11.6 Å². The fraction of sp³-hybridized carbons (Fsp3) is 0.727. The average molecular weight is 241 g/mol. The maximum Gasteiger partial charge on any atom is 0.169 e. The summed E-state index contributed by atoms with van der Waals surface area (Å²) in [6.07, 6.45) is 4.70. The Morgan fingerprint density at radius 2 is 2.25 bits per heavy atom. The van der Waals surface area contributed by atoms with Gasteiger partial charge in [0, 0.05) is 24.4 Å².